The zero-order valence-corrected chi connectivity index (χ0v) is 15.8. The van der Waals surface area contributed by atoms with E-state index in [1.54, 1.807) is 36.4 Å². The van der Waals surface area contributed by atoms with Gasteiger partial charge in [0.2, 0.25) is 11.7 Å². The molecule has 140 valence electrons. The molecular weight excluding hydrogens is 380 g/mol. The normalized spacial score (nSPS) is 10.8. The van der Waals surface area contributed by atoms with Gasteiger partial charge in [-0.25, -0.2) is 14.5 Å². The highest BCUT2D eigenvalue weighted by molar-refractivity contribution is 6.30. The van der Waals surface area contributed by atoms with Crippen molar-refractivity contribution in [3.63, 3.8) is 0 Å². The smallest absolute Gasteiger partial charge is 0.295 e. The van der Waals surface area contributed by atoms with Gasteiger partial charge < -0.3 is 10.1 Å². The van der Waals surface area contributed by atoms with Gasteiger partial charge in [0.25, 0.3) is 11.7 Å². The van der Waals surface area contributed by atoms with Crippen LogP contribution >= 0.6 is 11.6 Å². The summed E-state index contributed by atoms with van der Waals surface area (Å²) < 4.78 is 7.15. The van der Waals surface area contributed by atoms with Crippen molar-refractivity contribution in [3.8, 4) is 11.6 Å². The Morgan fingerprint density at radius 2 is 1.89 bits per heavy atom. The van der Waals surface area contributed by atoms with Gasteiger partial charge in [-0.2, -0.15) is 4.98 Å². The van der Waals surface area contributed by atoms with Crippen LogP contribution in [-0.2, 0) is 0 Å². The van der Waals surface area contributed by atoms with E-state index in [-0.39, 0.29) is 5.82 Å². The second-order valence-electron chi connectivity index (χ2n) is 6.08. The fourth-order valence-corrected chi connectivity index (χ4v) is 2.71. The number of nitrogens with zero attached hydrogens (tertiary/aromatic N) is 5. The van der Waals surface area contributed by atoms with E-state index in [4.69, 9.17) is 16.3 Å². The van der Waals surface area contributed by atoms with E-state index in [1.165, 1.54) is 10.7 Å². The molecule has 0 fully saturated rings. The van der Waals surface area contributed by atoms with Crippen LogP contribution in [0.2, 0.25) is 5.02 Å². The van der Waals surface area contributed by atoms with Crippen molar-refractivity contribution in [3.05, 3.63) is 70.9 Å². The monoisotopic (exact) mass is 394 g/mol. The zero-order valence-electron chi connectivity index (χ0n) is 15.0. The van der Waals surface area contributed by atoms with Crippen molar-refractivity contribution >= 4 is 29.0 Å². The average molecular weight is 395 g/mol. The Labute approximate surface area is 165 Å². The molecule has 0 atom stereocenters. The van der Waals surface area contributed by atoms with Crippen LogP contribution in [0.1, 0.15) is 22.0 Å². The van der Waals surface area contributed by atoms with E-state index in [2.05, 4.69) is 25.4 Å². The molecule has 0 saturated heterocycles. The van der Waals surface area contributed by atoms with Gasteiger partial charge >= 0.3 is 0 Å². The van der Waals surface area contributed by atoms with Crippen molar-refractivity contribution in [2.24, 2.45) is 0 Å². The van der Waals surface area contributed by atoms with Crippen LogP contribution in [0.4, 0.5) is 5.69 Å². The molecule has 1 aromatic carbocycles. The molecule has 28 heavy (non-hydrogen) atoms. The Hall–Kier alpha value is -3.52. The molecule has 0 radical (unpaired) electrons. The lowest BCUT2D eigenvalue weighted by Crippen LogP contribution is -2.14. The SMILES string of the molecule is Cc1cc(C)n2nc(C(=O)Nc3ccc(Oc4ccc(Cl)cc4)nc3)nc2n1. The average Bonchev–Trinajstić information content (AvgIpc) is 3.10. The van der Waals surface area contributed by atoms with Gasteiger partial charge in [-0.3, -0.25) is 4.79 Å². The van der Waals surface area contributed by atoms with Crippen molar-refractivity contribution in [2.75, 3.05) is 5.32 Å². The first-order valence-corrected chi connectivity index (χ1v) is 8.77. The molecule has 3 aromatic heterocycles. The van der Waals surface area contributed by atoms with Crippen LogP contribution in [0, 0.1) is 13.8 Å². The predicted molar refractivity (Wildman–Crippen MR) is 104 cm³/mol. The summed E-state index contributed by atoms with van der Waals surface area (Å²) in [5, 5.41) is 7.54. The highest BCUT2D eigenvalue weighted by atomic mass is 35.5. The van der Waals surface area contributed by atoms with E-state index in [0.29, 0.717) is 28.1 Å². The lowest BCUT2D eigenvalue weighted by atomic mass is 10.3. The number of hydrogen-bond acceptors (Lipinski definition) is 6. The Bertz CT molecular complexity index is 1160. The molecule has 1 amide bonds. The summed E-state index contributed by atoms with van der Waals surface area (Å²) >= 11 is 5.85. The van der Waals surface area contributed by atoms with Gasteiger partial charge in [0, 0.05) is 22.5 Å². The Kier molecular flexibility index (Phi) is 4.62. The highest BCUT2D eigenvalue weighted by Gasteiger charge is 2.15. The number of aryl methyl sites for hydroxylation is 2. The van der Waals surface area contributed by atoms with Crippen LogP contribution in [0.5, 0.6) is 11.6 Å². The first-order valence-electron chi connectivity index (χ1n) is 8.40. The largest absolute Gasteiger partial charge is 0.439 e. The molecule has 0 aliphatic rings. The fourth-order valence-electron chi connectivity index (χ4n) is 2.59. The Balaban J connectivity index is 1.47. The molecule has 3 heterocycles. The molecule has 4 rings (SSSR count). The molecule has 0 saturated carbocycles. The predicted octanol–water partition coefficient (Wildman–Crippen LogP) is 3.83. The van der Waals surface area contributed by atoms with Crippen LogP contribution in [0.15, 0.2) is 48.7 Å². The van der Waals surface area contributed by atoms with Gasteiger partial charge in [-0.15, -0.1) is 5.10 Å². The van der Waals surface area contributed by atoms with E-state index in [9.17, 15) is 4.79 Å². The molecule has 8 nitrogen and oxygen atoms in total. The van der Waals surface area contributed by atoms with Crippen LogP contribution in [0.3, 0.4) is 0 Å². The summed E-state index contributed by atoms with van der Waals surface area (Å²) in [4.78, 5) is 25.1. The summed E-state index contributed by atoms with van der Waals surface area (Å²) in [5.41, 5.74) is 2.15. The topological polar surface area (TPSA) is 94.3 Å². The molecule has 0 unspecified atom stereocenters. The standard InChI is InChI=1S/C19H15ClN6O2/c1-11-9-12(2)26-19(22-11)24-17(25-26)18(27)23-14-5-8-16(21-10-14)28-15-6-3-13(20)4-7-15/h3-10H,1-2H3,(H,23,27). The maximum Gasteiger partial charge on any atom is 0.295 e. The number of benzene rings is 1. The summed E-state index contributed by atoms with van der Waals surface area (Å²) in [7, 11) is 0. The summed E-state index contributed by atoms with van der Waals surface area (Å²) in [6.45, 7) is 3.74. The minimum Gasteiger partial charge on any atom is -0.439 e. The number of halogens is 1. The third kappa shape index (κ3) is 3.77. The van der Waals surface area contributed by atoms with Crippen molar-refractivity contribution < 1.29 is 9.53 Å². The molecule has 0 aliphatic heterocycles. The number of nitrogens with one attached hydrogen (secondary N) is 1. The van der Waals surface area contributed by atoms with E-state index in [0.717, 1.165) is 11.4 Å². The first-order chi connectivity index (χ1) is 13.5. The first kappa shape index (κ1) is 17.9. The third-order valence-corrected chi connectivity index (χ3v) is 4.10. The van der Waals surface area contributed by atoms with E-state index < -0.39 is 5.91 Å². The van der Waals surface area contributed by atoms with Gasteiger partial charge in [0.1, 0.15) is 5.75 Å². The molecular formula is C19H15ClN6O2. The molecule has 0 spiro atoms. The zero-order chi connectivity index (χ0) is 19.7. The van der Waals surface area contributed by atoms with E-state index in [1.807, 2.05) is 19.9 Å². The molecule has 4 aromatic rings. The molecule has 1 N–H and O–H groups in total. The number of rotatable bonds is 4. The Morgan fingerprint density at radius 1 is 1.11 bits per heavy atom. The number of anilines is 1. The summed E-state index contributed by atoms with van der Waals surface area (Å²) in [6, 6.07) is 12.1. The number of carbonyl (C=O) groups is 1. The van der Waals surface area contributed by atoms with E-state index >= 15 is 0 Å². The number of hydrogen-bond donors (Lipinski definition) is 1. The lowest BCUT2D eigenvalue weighted by Gasteiger charge is -2.06. The van der Waals surface area contributed by atoms with Crippen molar-refractivity contribution in [2.45, 2.75) is 13.8 Å². The van der Waals surface area contributed by atoms with Gasteiger partial charge in [-0.05, 0) is 50.2 Å². The van der Waals surface area contributed by atoms with Crippen LogP contribution < -0.4 is 10.1 Å². The van der Waals surface area contributed by atoms with Crippen molar-refractivity contribution in [1.82, 2.24) is 24.6 Å². The highest BCUT2D eigenvalue weighted by Crippen LogP contribution is 2.22. The van der Waals surface area contributed by atoms with Crippen LogP contribution in [0.25, 0.3) is 5.78 Å². The third-order valence-electron chi connectivity index (χ3n) is 3.85. The summed E-state index contributed by atoms with van der Waals surface area (Å²) in [5.74, 6) is 0.966. The second-order valence-corrected chi connectivity index (χ2v) is 6.52. The number of carbonyl (C=O) groups excluding carboxylic acids is 1. The Morgan fingerprint density at radius 3 is 2.61 bits per heavy atom. The fraction of sp³-hybridized carbons (Fsp3) is 0.105. The van der Waals surface area contributed by atoms with Crippen LogP contribution in [-0.4, -0.2) is 30.5 Å². The number of amides is 1. The van der Waals surface area contributed by atoms with Crippen molar-refractivity contribution in [1.29, 1.82) is 0 Å². The molecule has 0 bridgehead atoms. The number of pyridine rings is 1. The van der Waals surface area contributed by atoms with Gasteiger partial charge in [0.05, 0.1) is 11.9 Å². The quantitative estimate of drug-likeness (QED) is 0.565. The minimum atomic E-state index is -0.448. The maximum absolute atomic E-state index is 12.4. The van der Waals surface area contributed by atoms with Gasteiger partial charge in [-0.1, -0.05) is 11.6 Å². The summed E-state index contributed by atoms with van der Waals surface area (Å²) in [6.07, 6.45) is 1.49. The maximum atomic E-state index is 12.4. The number of ether oxygens (including phenoxy) is 1. The lowest BCUT2D eigenvalue weighted by molar-refractivity contribution is 0.101. The van der Waals surface area contributed by atoms with Gasteiger partial charge in [0.15, 0.2) is 0 Å². The number of aromatic nitrogens is 5. The molecule has 0 aliphatic carbocycles. The second kappa shape index (κ2) is 7.24. The number of fused-ring (bicyclic) bond motifs is 1. The minimum absolute atomic E-state index is 0.0303. The molecule has 9 heteroatoms.